The van der Waals surface area contributed by atoms with Gasteiger partial charge in [0.1, 0.15) is 5.78 Å². The quantitative estimate of drug-likeness (QED) is 0.445. The first-order valence-corrected chi connectivity index (χ1v) is 14.1. The minimum absolute atomic E-state index is 0.0330. The van der Waals surface area contributed by atoms with Crippen LogP contribution in [0.15, 0.2) is 0 Å². The van der Waals surface area contributed by atoms with E-state index in [1.165, 1.54) is 6.42 Å². The standard InChI is InChI=1S/C30H46O4/c1-18-19(31)7-8-20-26(18,3)10-9-21-27(20,4)12-13-28(5)22-15-25(2)11-14-30(22,17-34-24(25)33)23(32)16-29(21,28)6/h18,20-23,32H,7-17H2,1-6H3/t18-,20?,21?,22-,23+,25-,26+,27-,28-,29+,30+/m0/s1. The predicted octanol–water partition coefficient (Wildman–Crippen LogP) is 5.94. The second-order valence-electron chi connectivity index (χ2n) is 15.1. The zero-order valence-corrected chi connectivity index (χ0v) is 22.3. The van der Waals surface area contributed by atoms with E-state index < -0.39 is 11.5 Å². The van der Waals surface area contributed by atoms with Crippen LogP contribution in [0, 0.1) is 56.2 Å². The molecule has 7 rings (SSSR count). The zero-order chi connectivity index (χ0) is 24.5. The minimum Gasteiger partial charge on any atom is -0.465 e. The molecule has 7 aliphatic rings. The fourth-order valence-corrected chi connectivity index (χ4v) is 11.7. The molecule has 4 heteroatoms. The van der Waals surface area contributed by atoms with Gasteiger partial charge in [-0.3, -0.25) is 9.59 Å². The largest absolute Gasteiger partial charge is 0.465 e. The Morgan fingerprint density at radius 1 is 0.794 bits per heavy atom. The molecule has 4 nitrogen and oxygen atoms in total. The summed E-state index contributed by atoms with van der Waals surface area (Å²) in [6, 6.07) is 0. The van der Waals surface area contributed by atoms with E-state index in [0.29, 0.717) is 30.1 Å². The van der Waals surface area contributed by atoms with Gasteiger partial charge < -0.3 is 9.84 Å². The van der Waals surface area contributed by atoms with Gasteiger partial charge in [0, 0.05) is 17.8 Å². The monoisotopic (exact) mass is 470 g/mol. The highest BCUT2D eigenvalue weighted by Crippen LogP contribution is 2.78. The average molecular weight is 471 g/mol. The van der Waals surface area contributed by atoms with Gasteiger partial charge in [-0.2, -0.15) is 0 Å². The third-order valence-electron chi connectivity index (χ3n) is 14.3. The maximum absolute atomic E-state index is 13.0. The van der Waals surface area contributed by atoms with Gasteiger partial charge in [0.15, 0.2) is 0 Å². The Bertz CT molecular complexity index is 944. The average Bonchev–Trinajstić information content (AvgIpc) is 2.98. The highest BCUT2D eigenvalue weighted by molar-refractivity contribution is 5.82. The molecule has 11 atom stereocenters. The Kier molecular flexibility index (Phi) is 4.63. The maximum Gasteiger partial charge on any atom is 0.311 e. The first kappa shape index (κ1) is 23.5. The van der Waals surface area contributed by atoms with E-state index >= 15 is 0 Å². The second-order valence-corrected chi connectivity index (χ2v) is 15.1. The summed E-state index contributed by atoms with van der Waals surface area (Å²) in [6.45, 7) is 14.7. The molecule has 1 N–H and O–H groups in total. The molecule has 2 heterocycles. The van der Waals surface area contributed by atoms with Crippen molar-refractivity contribution in [2.24, 2.45) is 56.2 Å². The van der Waals surface area contributed by atoms with E-state index in [0.717, 1.165) is 57.8 Å². The smallest absolute Gasteiger partial charge is 0.311 e. The van der Waals surface area contributed by atoms with Gasteiger partial charge in [0.05, 0.1) is 18.1 Å². The van der Waals surface area contributed by atoms with Gasteiger partial charge in [-0.05, 0) is 104 Å². The number of esters is 1. The number of hydrogen-bond donors (Lipinski definition) is 1. The van der Waals surface area contributed by atoms with Crippen LogP contribution < -0.4 is 0 Å². The normalized spacial score (nSPS) is 60.9. The van der Waals surface area contributed by atoms with Crippen molar-refractivity contribution in [3.63, 3.8) is 0 Å². The number of rotatable bonds is 0. The van der Waals surface area contributed by atoms with Crippen molar-refractivity contribution >= 4 is 11.8 Å². The van der Waals surface area contributed by atoms with E-state index in [2.05, 4.69) is 41.5 Å². The molecule has 0 aromatic heterocycles. The second kappa shape index (κ2) is 6.69. The number of carbonyl (C=O) groups excluding carboxylic acids is 2. The summed E-state index contributed by atoms with van der Waals surface area (Å²) in [5.41, 5.74) is -0.241. The van der Waals surface area contributed by atoms with Crippen molar-refractivity contribution in [1.29, 1.82) is 0 Å². The van der Waals surface area contributed by atoms with Crippen molar-refractivity contribution in [1.82, 2.24) is 0 Å². The Labute approximate surface area is 206 Å². The van der Waals surface area contributed by atoms with Gasteiger partial charge in [-0.15, -0.1) is 0 Å². The molecule has 0 radical (unpaired) electrons. The number of fused-ring (bicyclic) bond motifs is 8. The molecule has 190 valence electrons. The fraction of sp³-hybridized carbons (Fsp3) is 0.933. The first-order chi connectivity index (χ1) is 15.8. The van der Waals surface area contributed by atoms with Crippen molar-refractivity contribution in [2.45, 2.75) is 112 Å². The van der Waals surface area contributed by atoms with E-state index in [4.69, 9.17) is 4.74 Å². The summed E-state index contributed by atoms with van der Waals surface area (Å²) in [5.74, 6) is 2.04. The zero-order valence-electron chi connectivity index (χ0n) is 22.3. The molecule has 1 spiro atoms. The Balaban J connectivity index is 1.44. The summed E-state index contributed by atoms with van der Waals surface area (Å²) in [4.78, 5) is 25.7. The van der Waals surface area contributed by atoms with Crippen molar-refractivity contribution in [3.05, 3.63) is 0 Å². The molecule has 0 aromatic carbocycles. The number of aliphatic hydroxyl groups is 1. The third-order valence-corrected chi connectivity index (χ3v) is 14.3. The van der Waals surface area contributed by atoms with Gasteiger partial charge in [-0.25, -0.2) is 0 Å². The highest BCUT2D eigenvalue weighted by Gasteiger charge is 2.74. The Hall–Kier alpha value is -0.900. The lowest BCUT2D eigenvalue weighted by molar-refractivity contribution is -0.282. The van der Waals surface area contributed by atoms with Gasteiger partial charge in [0.2, 0.25) is 0 Å². The lowest BCUT2D eigenvalue weighted by atomic mass is 9.29. The molecule has 0 amide bonds. The molecule has 2 unspecified atom stereocenters. The highest BCUT2D eigenvalue weighted by atomic mass is 16.5. The number of carbonyl (C=O) groups is 2. The van der Waals surface area contributed by atoms with Crippen LogP contribution in [-0.2, 0) is 14.3 Å². The third kappa shape index (κ3) is 2.46. The SMILES string of the molecule is C[C@H]1C(=O)CCC2[C@]3(C)CC[C@@]4(C)[C@@H]5C[C@]6(C)CC[C@]5(COC6=O)[C@H](O)C[C@]4(C)C3CC[C@@]21C. The van der Waals surface area contributed by atoms with Crippen LogP contribution >= 0.6 is 0 Å². The van der Waals surface area contributed by atoms with Crippen LogP contribution in [-0.4, -0.2) is 29.6 Å². The lowest BCUT2D eigenvalue weighted by Crippen LogP contribution is -2.71. The summed E-state index contributed by atoms with van der Waals surface area (Å²) in [6.07, 6.45) is 9.47. The van der Waals surface area contributed by atoms with Crippen LogP contribution in [0.2, 0.25) is 0 Å². The maximum atomic E-state index is 13.0. The number of Topliss-reactive ketones (excluding diaryl/α,β-unsaturated/α-hetero) is 1. The molecule has 5 aliphatic carbocycles. The molecular weight excluding hydrogens is 424 g/mol. The van der Waals surface area contributed by atoms with Crippen LogP contribution in [0.25, 0.3) is 0 Å². The van der Waals surface area contributed by atoms with Gasteiger partial charge in [0.25, 0.3) is 0 Å². The number of ketones is 1. The van der Waals surface area contributed by atoms with Crippen molar-refractivity contribution in [3.8, 4) is 0 Å². The van der Waals surface area contributed by atoms with E-state index in [1.807, 2.05) is 0 Å². The Morgan fingerprint density at radius 3 is 2.26 bits per heavy atom. The summed E-state index contributed by atoms with van der Waals surface area (Å²) >= 11 is 0. The van der Waals surface area contributed by atoms with Crippen molar-refractivity contribution < 1.29 is 19.4 Å². The fourth-order valence-electron chi connectivity index (χ4n) is 11.7. The molecule has 2 aliphatic heterocycles. The van der Waals surface area contributed by atoms with Crippen LogP contribution in [0.4, 0.5) is 0 Å². The summed E-state index contributed by atoms with van der Waals surface area (Å²) in [5, 5.41) is 11.9. The van der Waals surface area contributed by atoms with E-state index in [-0.39, 0.29) is 39.0 Å². The number of ether oxygens (including phenoxy) is 1. The molecule has 34 heavy (non-hydrogen) atoms. The number of aliphatic hydroxyl groups excluding tert-OH is 1. The molecular formula is C30H46O4. The van der Waals surface area contributed by atoms with Crippen LogP contribution in [0.5, 0.6) is 0 Å². The lowest BCUT2D eigenvalue weighted by Gasteiger charge is -2.75. The van der Waals surface area contributed by atoms with Crippen molar-refractivity contribution in [2.75, 3.05) is 6.61 Å². The molecule has 2 saturated heterocycles. The predicted molar refractivity (Wildman–Crippen MR) is 131 cm³/mol. The first-order valence-electron chi connectivity index (χ1n) is 14.1. The molecule has 0 aromatic rings. The summed E-state index contributed by atoms with van der Waals surface area (Å²) in [7, 11) is 0. The van der Waals surface area contributed by atoms with Crippen LogP contribution in [0.1, 0.15) is 106 Å². The number of hydrogen-bond acceptors (Lipinski definition) is 4. The molecule has 5 saturated carbocycles. The van der Waals surface area contributed by atoms with Crippen LogP contribution in [0.3, 0.4) is 0 Å². The topological polar surface area (TPSA) is 63.6 Å². The minimum atomic E-state index is -0.409. The molecule has 2 bridgehead atoms. The van der Waals surface area contributed by atoms with Gasteiger partial charge in [-0.1, -0.05) is 34.6 Å². The van der Waals surface area contributed by atoms with Gasteiger partial charge >= 0.3 is 5.97 Å². The summed E-state index contributed by atoms with van der Waals surface area (Å²) < 4.78 is 5.88. The van der Waals surface area contributed by atoms with E-state index in [1.54, 1.807) is 0 Å². The molecule has 7 fully saturated rings. The Morgan fingerprint density at radius 2 is 1.53 bits per heavy atom. The van der Waals surface area contributed by atoms with E-state index in [9.17, 15) is 14.7 Å².